The number of benzene rings is 2. The molecule has 2 aromatic rings. The third kappa shape index (κ3) is 3.61. The summed E-state index contributed by atoms with van der Waals surface area (Å²) < 4.78 is 0.501. The largest absolute Gasteiger partial charge is 0.303 e. The maximum Gasteiger partial charge on any atom is 0.267 e. The highest BCUT2D eigenvalue weighted by atomic mass is 35.5. The molecule has 2 heterocycles. The van der Waals surface area contributed by atoms with Gasteiger partial charge in [-0.3, -0.25) is 14.5 Å². The van der Waals surface area contributed by atoms with Crippen molar-refractivity contribution in [3.05, 3.63) is 69.6 Å². The number of halogens is 1. The number of hydrogen-bond acceptors (Lipinski definition) is 4. The third-order valence-corrected chi connectivity index (χ3v) is 6.65. The maximum atomic E-state index is 13.4. The lowest BCUT2D eigenvalue weighted by Gasteiger charge is -2.18. The van der Waals surface area contributed by atoms with Crippen molar-refractivity contribution in [1.29, 1.82) is 0 Å². The van der Waals surface area contributed by atoms with Gasteiger partial charge in [0.05, 0.1) is 22.7 Å². The monoisotopic (exact) mass is 442 g/mol. The first kappa shape index (κ1) is 20.1. The number of hydrogen-bond donors (Lipinski definition) is 0. The van der Waals surface area contributed by atoms with Gasteiger partial charge >= 0.3 is 0 Å². The number of fused-ring (bicyclic) bond motifs is 1. The molecular formula is C22H19ClN2O2S2. The van der Waals surface area contributed by atoms with Crippen LogP contribution in [0.1, 0.15) is 25.0 Å². The van der Waals surface area contributed by atoms with Crippen LogP contribution in [-0.4, -0.2) is 27.6 Å². The van der Waals surface area contributed by atoms with E-state index in [4.69, 9.17) is 23.8 Å². The average molecular weight is 443 g/mol. The molecule has 2 amide bonds. The van der Waals surface area contributed by atoms with Gasteiger partial charge in [-0.25, -0.2) is 0 Å². The Morgan fingerprint density at radius 2 is 1.69 bits per heavy atom. The minimum absolute atomic E-state index is 0.188. The Morgan fingerprint density at radius 3 is 2.41 bits per heavy atom. The van der Waals surface area contributed by atoms with Gasteiger partial charge < -0.3 is 4.90 Å². The average Bonchev–Trinajstić information content (AvgIpc) is 3.11. The summed E-state index contributed by atoms with van der Waals surface area (Å²) in [6.07, 6.45) is 0. The van der Waals surface area contributed by atoms with Crippen molar-refractivity contribution in [2.24, 2.45) is 5.92 Å². The normalized spacial score (nSPS) is 19.0. The van der Waals surface area contributed by atoms with Crippen LogP contribution in [0.2, 0.25) is 5.02 Å². The first-order valence-corrected chi connectivity index (χ1v) is 10.9. The predicted octanol–water partition coefficient (Wildman–Crippen LogP) is 5.11. The van der Waals surface area contributed by atoms with Crippen LogP contribution in [0.25, 0.3) is 5.57 Å². The van der Waals surface area contributed by atoms with Crippen LogP contribution in [0, 0.1) is 5.92 Å². The standard InChI is InChI=1S/C22H19ClN2O2S2/c1-13(2)11-25-21(27)19(29-22(25)28)18-15-8-4-6-10-17(15)24(20(18)26)12-14-7-3-5-9-16(14)23/h3-10,13H,11-12H2,1-2H3. The number of nitrogens with zero attached hydrogens (tertiary/aromatic N) is 2. The van der Waals surface area contributed by atoms with Crippen LogP contribution in [0.3, 0.4) is 0 Å². The molecule has 0 spiro atoms. The molecule has 1 fully saturated rings. The van der Waals surface area contributed by atoms with Crippen molar-refractivity contribution in [3.8, 4) is 0 Å². The smallest absolute Gasteiger partial charge is 0.267 e. The van der Waals surface area contributed by atoms with E-state index in [0.29, 0.717) is 32.9 Å². The Balaban J connectivity index is 1.77. The lowest BCUT2D eigenvalue weighted by Crippen LogP contribution is -2.32. The zero-order valence-corrected chi connectivity index (χ0v) is 18.4. The zero-order valence-electron chi connectivity index (χ0n) is 16.0. The summed E-state index contributed by atoms with van der Waals surface area (Å²) in [5.41, 5.74) is 2.82. The molecule has 0 bridgehead atoms. The number of carbonyl (C=O) groups excluding carboxylic acids is 2. The fourth-order valence-electron chi connectivity index (χ4n) is 3.53. The summed E-state index contributed by atoms with van der Waals surface area (Å²) in [7, 11) is 0. The number of carbonyl (C=O) groups is 2. The Bertz CT molecular complexity index is 1060. The van der Waals surface area contributed by atoms with Gasteiger partial charge in [0.25, 0.3) is 11.8 Å². The summed E-state index contributed by atoms with van der Waals surface area (Å²) >= 11 is 13.0. The molecule has 0 N–H and O–H groups in total. The van der Waals surface area contributed by atoms with Crippen LogP contribution in [0.15, 0.2) is 53.4 Å². The molecule has 2 aliphatic heterocycles. The molecule has 0 atom stereocenters. The van der Waals surface area contributed by atoms with Gasteiger partial charge in [-0.2, -0.15) is 0 Å². The predicted molar refractivity (Wildman–Crippen MR) is 123 cm³/mol. The molecular weight excluding hydrogens is 424 g/mol. The van der Waals surface area contributed by atoms with E-state index in [9.17, 15) is 9.59 Å². The van der Waals surface area contributed by atoms with Crippen LogP contribution in [0.4, 0.5) is 5.69 Å². The van der Waals surface area contributed by atoms with E-state index in [1.807, 2.05) is 56.3 Å². The highest BCUT2D eigenvalue weighted by Crippen LogP contribution is 2.45. The van der Waals surface area contributed by atoms with E-state index in [2.05, 4.69) is 0 Å². The van der Waals surface area contributed by atoms with Crippen LogP contribution >= 0.6 is 35.6 Å². The number of amides is 2. The molecule has 4 rings (SSSR count). The highest BCUT2D eigenvalue weighted by Gasteiger charge is 2.42. The van der Waals surface area contributed by atoms with E-state index < -0.39 is 0 Å². The van der Waals surface area contributed by atoms with Gasteiger partial charge in [-0.1, -0.05) is 85.8 Å². The molecule has 29 heavy (non-hydrogen) atoms. The van der Waals surface area contributed by atoms with Gasteiger partial charge in [0.1, 0.15) is 4.32 Å². The number of thiocarbonyl (C=S) groups is 1. The Morgan fingerprint density at radius 1 is 1.00 bits per heavy atom. The quantitative estimate of drug-likeness (QED) is 0.487. The molecule has 0 aliphatic carbocycles. The topological polar surface area (TPSA) is 40.6 Å². The van der Waals surface area contributed by atoms with Gasteiger partial charge in [0.2, 0.25) is 0 Å². The summed E-state index contributed by atoms with van der Waals surface area (Å²) in [6.45, 7) is 4.95. The number of rotatable bonds is 4. The van der Waals surface area contributed by atoms with Gasteiger partial charge in [-0.15, -0.1) is 0 Å². The van der Waals surface area contributed by atoms with Crippen molar-refractivity contribution >= 4 is 63.0 Å². The lowest BCUT2D eigenvalue weighted by molar-refractivity contribution is -0.122. The Hall–Kier alpha value is -2.15. The van der Waals surface area contributed by atoms with Crippen molar-refractivity contribution in [2.45, 2.75) is 20.4 Å². The van der Waals surface area contributed by atoms with Crippen LogP contribution in [-0.2, 0) is 16.1 Å². The second kappa shape index (κ2) is 7.94. The minimum atomic E-state index is -0.198. The summed E-state index contributed by atoms with van der Waals surface area (Å²) in [5, 5.41) is 0.606. The second-order valence-corrected chi connectivity index (χ2v) is 9.43. The van der Waals surface area contributed by atoms with Gasteiger partial charge in [-0.05, 0) is 23.6 Å². The van der Waals surface area contributed by atoms with Crippen molar-refractivity contribution in [3.63, 3.8) is 0 Å². The first-order chi connectivity index (χ1) is 13.9. The van der Waals surface area contributed by atoms with E-state index in [1.54, 1.807) is 15.9 Å². The number of thioether (sulfide) groups is 1. The molecule has 1 saturated heterocycles. The van der Waals surface area contributed by atoms with Gasteiger partial charge in [0, 0.05) is 17.1 Å². The summed E-state index contributed by atoms with van der Waals surface area (Å²) in [6, 6.07) is 15.0. The zero-order chi connectivity index (χ0) is 20.7. The first-order valence-electron chi connectivity index (χ1n) is 9.31. The Labute approximate surface area is 184 Å². The summed E-state index contributed by atoms with van der Waals surface area (Å²) in [4.78, 5) is 30.2. The molecule has 2 aromatic carbocycles. The molecule has 148 valence electrons. The fraction of sp³-hybridized carbons (Fsp3) is 0.227. The van der Waals surface area contributed by atoms with E-state index in [0.717, 1.165) is 16.8 Å². The second-order valence-electron chi connectivity index (χ2n) is 7.38. The van der Waals surface area contributed by atoms with Crippen molar-refractivity contribution in [2.75, 3.05) is 11.4 Å². The van der Waals surface area contributed by atoms with E-state index in [-0.39, 0.29) is 17.7 Å². The molecule has 2 aliphatic rings. The van der Waals surface area contributed by atoms with E-state index in [1.165, 1.54) is 11.8 Å². The van der Waals surface area contributed by atoms with Crippen LogP contribution < -0.4 is 4.90 Å². The highest BCUT2D eigenvalue weighted by molar-refractivity contribution is 8.26. The SMILES string of the molecule is CC(C)CN1C(=O)C(=C2C(=O)N(Cc3ccccc3Cl)c3ccccc32)SC1=S. The molecule has 0 aromatic heterocycles. The van der Waals surface area contributed by atoms with Crippen LogP contribution in [0.5, 0.6) is 0 Å². The van der Waals surface area contributed by atoms with E-state index >= 15 is 0 Å². The van der Waals surface area contributed by atoms with Gasteiger partial charge in [0.15, 0.2) is 0 Å². The fourth-order valence-corrected chi connectivity index (χ4v) is 5.07. The van der Waals surface area contributed by atoms with Crippen molar-refractivity contribution < 1.29 is 9.59 Å². The minimum Gasteiger partial charge on any atom is -0.303 e. The maximum absolute atomic E-state index is 13.4. The molecule has 4 nitrogen and oxygen atoms in total. The molecule has 0 radical (unpaired) electrons. The lowest BCUT2D eigenvalue weighted by atomic mass is 10.1. The Kier molecular flexibility index (Phi) is 5.51. The number of anilines is 1. The summed E-state index contributed by atoms with van der Waals surface area (Å²) in [5.74, 6) is -0.104. The molecule has 0 unspecified atom stereocenters. The van der Waals surface area contributed by atoms with Crippen molar-refractivity contribution in [1.82, 2.24) is 4.90 Å². The third-order valence-electron chi connectivity index (χ3n) is 4.83. The number of para-hydroxylation sites is 1. The molecule has 7 heteroatoms. The molecule has 0 saturated carbocycles.